The first-order chi connectivity index (χ1) is 7.33. The maximum Gasteiger partial charge on any atom is 0.126 e. The van der Waals surface area contributed by atoms with Gasteiger partial charge in [-0.05, 0) is 31.2 Å². The summed E-state index contributed by atoms with van der Waals surface area (Å²) in [6.45, 7) is 2.65. The van der Waals surface area contributed by atoms with Gasteiger partial charge in [0.25, 0.3) is 0 Å². The molecule has 0 aliphatic rings. The van der Waals surface area contributed by atoms with Gasteiger partial charge in [0, 0.05) is 18.5 Å². The van der Waals surface area contributed by atoms with Gasteiger partial charge in [-0.2, -0.15) is 0 Å². The van der Waals surface area contributed by atoms with Crippen LogP contribution >= 0.6 is 0 Å². The number of fused-ring (bicyclic) bond motifs is 1. The fourth-order valence-corrected chi connectivity index (χ4v) is 1.49. The van der Waals surface area contributed by atoms with Crippen LogP contribution in [0.15, 0.2) is 30.3 Å². The Kier molecular flexibility index (Phi) is 2.72. The molecule has 15 heavy (non-hydrogen) atoms. The summed E-state index contributed by atoms with van der Waals surface area (Å²) in [7, 11) is 1.86. The average molecular weight is 202 g/mol. The number of hydrogen-bond donors (Lipinski definition) is 1. The molecular formula is C12H14N2O. The maximum absolute atomic E-state index is 5.43. The lowest BCUT2D eigenvalue weighted by molar-refractivity contribution is 0.340. The van der Waals surface area contributed by atoms with E-state index in [-0.39, 0.29) is 0 Å². The number of anilines is 1. The average Bonchev–Trinajstić information content (AvgIpc) is 2.28. The minimum atomic E-state index is 0.678. The van der Waals surface area contributed by atoms with Gasteiger partial charge in [0.15, 0.2) is 0 Å². The maximum atomic E-state index is 5.43. The molecule has 1 aromatic carbocycles. The highest BCUT2D eigenvalue weighted by Crippen LogP contribution is 2.20. The molecule has 0 saturated heterocycles. The standard InChI is InChI=1S/C12H14N2O/c1-3-15-10-6-4-9-5-7-12(13-2)14-11(9)8-10/h4-8H,3H2,1-2H3,(H,13,14). The van der Waals surface area contributed by atoms with Crippen molar-refractivity contribution in [1.82, 2.24) is 4.98 Å². The molecule has 2 rings (SSSR count). The molecule has 0 unspecified atom stereocenters. The minimum Gasteiger partial charge on any atom is -0.494 e. The first-order valence-electron chi connectivity index (χ1n) is 5.05. The SMILES string of the molecule is CCOc1ccc2ccc(NC)nc2c1. The molecule has 1 heterocycles. The number of hydrogen-bond acceptors (Lipinski definition) is 3. The molecule has 3 heteroatoms. The van der Waals surface area contributed by atoms with Crippen LogP contribution in [0.1, 0.15) is 6.92 Å². The van der Waals surface area contributed by atoms with E-state index in [1.807, 2.05) is 44.3 Å². The lowest BCUT2D eigenvalue weighted by Crippen LogP contribution is -1.94. The third kappa shape index (κ3) is 2.01. The summed E-state index contributed by atoms with van der Waals surface area (Å²) >= 11 is 0. The fraction of sp³-hybridized carbons (Fsp3) is 0.250. The molecule has 0 aliphatic heterocycles. The fourth-order valence-electron chi connectivity index (χ4n) is 1.49. The summed E-state index contributed by atoms with van der Waals surface area (Å²) in [6.07, 6.45) is 0. The third-order valence-electron chi connectivity index (χ3n) is 2.23. The van der Waals surface area contributed by atoms with Crippen molar-refractivity contribution >= 4 is 16.7 Å². The summed E-state index contributed by atoms with van der Waals surface area (Å²) < 4.78 is 5.43. The Morgan fingerprint density at radius 3 is 2.80 bits per heavy atom. The molecule has 0 amide bonds. The number of nitrogens with zero attached hydrogens (tertiary/aromatic N) is 1. The second-order valence-electron chi connectivity index (χ2n) is 3.23. The summed E-state index contributed by atoms with van der Waals surface area (Å²) in [5.74, 6) is 1.74. The molecule has 0 fully saturated rings. The van der Waals surface area contributed by atoms with Crippen molar-refractivity contribution in [3.8, 4) is 5.75 Å². The van der Waals surface area contributed by atoms with Crippen LogP contribution in [0.2, 0.25) is 0 Å². The largest absolute Gasteiger partial charge is 0.494 e. The van der Waals surface area contributed by atoms with Crippen molar-refractivity contribution in [2.24, 2.45) is 0 Å². The van der Waals surface area contributed by atoms with Crippen LogP contribution in [0.5, 0.6) is 5.75 Å². The Hall–Kier alpha value is -1.77. The summed E-state index contributed by atoms with van der Waals surface area (Å²) in [6, 6.07) is 9.95. The molecule has 78 valence electrons. The molecule has 0 atom stereocenters. The van der Waals surface area contributed by atoms with Gasteiger partial charge in [0.2, 0.25) is 0 Å². The first kappa shape index (κ1) is 9.77. The van der Waals surface area contributed by atoms with Crippen molar-refractivity contribution in [3.05, 3.63) is 30.3 Å². The predicted molar refractivity (Wildman–Crippen MR) is 62.5 cm³/mol. The van der Waals surface area contributed by atoms with Crippen LogP contribution < -0.4 is 10.1 Å². The van der Waals surface area contributed by atoms with E-state index in [4.69, 9.17) is 4.74 Å². The van der Waals surface area contributed by atoms with E-state index in [1.54, 1.807) is 0 Å². The molecule has 0 spiro atoms. The Morgan fingerprint density at radius 1 is 1.27 bits per heavy atom. The van der Waals surface area contributed by atoms with Crippen molar-refractivity contribution in [1.29, 1.82) is 0 Å². The Balaban J connectivity index is 2.48. The smallest absolute Gasteiger partial charge is 0.126 e. The number of pyridine rings is 1. The van der Waals surface area contributed by atoms with Gasteiger partial charge in [0.05, 0.1) is 12.1 Å². The zero-order valence-corrected chi connectivity index (χ0v) is 8.95. The second kappa shape index (κ2) is 4.17. The van der Waals surface area contributed by atoms with E-state index < -0.39 is 0 Å². The molecule has 3 nitrogen and oxygen atoms in total. The number of ether oxygens (including phenoxy) is 1. The van der Waals surface area contributed by atoms with Gasteiger partial charge in [0.1, 0.15) is 11.6 Å². The third-order valence-corrected chi connectivity index (χ3v) is 2.23. The quantitative estimate of drug-likeness (QED) is 0.830. The summed E-state index contributed by atoms with van der Waals surface area (Å²) in [5.41, 5.74) is 0.952. The number of nitrogens with one attached hydrogen (secondary N) is 1. The zero-order chi connectivity index (χ0) is 10.7. The lowest BCUT2D eigenvalue weighted by Gasteiger charge is -2.05. The molecule has 0 aliphatic carbocycles. The number of benzene rings is 1. The topological polar surface area (TPSA) is 34.1 Å². The van der Waals surface area contributed by atoms with Gasteiger partial charge in [-0.15, -0.1) is 0 Å². The van der Waals surface area contributed by atoms with Crippen LogP contribution in [0.25, 0.3) is 10.9 Å². The number of rotatable bonds is 3. The van der Waals surface area contributed by atoms with Crippen molar-refractivity contribution in [3.63, 3.8) is 0 Å². The van der Waals surface area contributed by atoms with Crippen LogP contribution in [0.4, 0.5) is 5.82 Å². The normalized spacial score (nSPS) is 10.3. The van der Waals surface area contributed by atoms with Gasteiger partial charge < -0.3 is 10.1 Å². The number of aromatic nitrogens is 1. The zero-order valence-electron chi connectivity index (χ0n) is 8.95. The van der Waals surface area contributed by atoms with Crippen molar-refractivity contribution < 1.29 is 4.74 Å². The van der Waals surface area contributed by atoms with E-state index in [9.17, 15) is 0 Å². The molecule has 0 radical (unpaired) electrons. The van der Waals surface area contributed by atoms with Crippen LogP contribution in [0.3, 0.4) is 0 Å². The van der Waals surface area contributed by atoms with E-state index in [2.05, 4.69) is 10.3 Å². The first-order valence-corrected chi connectivity index (χ1v) is 5.05. The molecule has 2 aromatic rings. The van der Waals surface area contributed by atoms with Crippen molar-refractivity contribution in [2.45, 2.75) is 6.92 Å². The van der Waals surface area contributed by atoms with Gasteiger partial charge in [-0.1, -0.05) is 0 Å². The minimum absolute atomic E-state index is 0.678. The van der Waals surface area contributed by atoms with Crippen LogP contribution in [0, 0.1) is 0 Å². The molecule has 0 bridgehead atoms. The molecule has 1 N–H and O–H groups in total. The van der Waals surface area contributed by atoms with Gasteiger partial charge >= 0.3 is 0 Å². The van der Waals surface area contributed by atoms with Gasteiger partial charge in [-0.3, -0.25) is 0 Å². The van der Waals surface area contributed by atoms with E-state index >= 15 is 0 Å². The van der Waals surface area contributed by atoms with Gasteiger partial charge in [-0.25, -0.2) is 4.98 Å². The van der Waals surface area contributed by atoms with E-state index in [0.29, 0.717) is 6.61 Å². The Bertz CT molecular complexity index is 468. The highest BCUT2D eigenvalue weighted by atomic mass is 16.5. The molecular weight excluding hydrogens is 188 g/mol. The van der Waals surface area contributed by atoms with E-state index in [1.165, 1.54) is 0 Å². The van der Waals surface area contributed by atoms with Crippen molar-refractivity contribution in [2.75, 3.05) is 19.0 Å². The predicted octanol–water partition coefficient (Wildman–Crippen LogP) is 2.68. The van der Waals surface area contributed by atoms with Crippen LogP contribution in [-0.2, 0) is 0 Å². The second-order valence-corrected chi connectivity index (χ2v) is 3.23. The highest BCUT2D eigenvalue weighted by Gasteiger charge is 1.99. The summed E-state index contributed by atoms with van der Waals surface area (Å²) in [5, 5.41) is 4.14. The monoisotopic (exact) mass is 202 g/mol. The Morgan fingerprint density at radius 2 is 2.07 bits per heavy atom. The summed E-state index contributed by atoms with van der Waals surface area (Å²) in [4.78, 5) is 4.45. The Labute approximate surface area is 89.1 Å². The molecule has 1 aromatic heterocycles. The highest BCUT2D eigenvalue weighted by molar-refractivity contribution is 5.81. The van der Waals surface area contributed by atoms with E-state index in [0.717, 1.165) is 22.5 Å². The van der Waals surface area contributed by atoms with Crippen LogP contribution in [-0.4, -0.2) is 18.6 Å². The molecule has 0 saturated carbocycles. The lowest BCUT2D eigenvalue weighted by atomic mass is 10.2.